The number of rotatable bonds is 2. The molecule has 0 aliphatic rings. The van der Waals surface area contributed by atoms with Gasteiger partial charge in [-0.2, -0.15) is 4.98 Å². The molecule has 19 heavy (non-hydrogen) atoms. The summed E-state index contributed by atoms with van der Waals surface area (Å²) in [5.74, 6) is -0.307. The molecule has 1 aromatic heterocycles. The first-order valence-corrected chi connectivity index (χ1v) is 5.81. The van der Waals surface area contributed by atoms with E-state index in [4.69, 9.17) is 10.2 Å². The van der Waals surface area contributed by atoms with Crippen LogP contribution < -0.4 is 11.1 Å². The van der Waals surface area contributed by atoms with Gasteiger partial charge in [-0.15, -0.1) is 0 Å². The molecule has 4 nitrogen and oxygen atoms in total. The molecule has 0 saturated carbocycles. The first-order chi connectivity index (χ1) is 9.11. The minimum atomic E-state index is -0.307. The van der Waals surface area contributed by atoms with Crippen LogP contribution in [0.2, 0.25) is 0 Å². The minimum absolute atomic E-state index is 0.290. The van der Waals surface area contributed by atoms with Gasteiger partial charge < -0.3 is 15.5 Å². The van der Waals surface area contributed by atoms with Crippen LogP contribution in [0, 0.1) is 12.7 Å². The lowest BCUT2D eigenvalue weighted by Gasteiger charge is -2.02. The maximum absolute atomic E-state index is 13.3. The zero-order valence-electron chi connectivity index (χ0n) is 10.3. The van der Waals surface area contributed by atoms with Crippen LogP contribution in [0.1, 0.15) is 5.56 Å². The van der Waals surface area contributed by atoms with Crippen LogP contribution >= 0.6 is 0 Å². The third-order valence-corrected chi connectivity index (χ3v) is 2.74. The maximum Gasteiger partial charge on any atom is 0.300 e. The predicted molar refractivity (Wildman–Crippen MR) is 72.8 cm³/mol. The summed E-state index contributed by atoms with van der Waals surface area (Å²) >= 11 is 0. The Hall–Kier alpha value is -2.56. The normalized spacial score (nSPS) is 10.8. The van der Waals surface area contributed by atoms with Crippen molar-refractivity contribution in [3.05, 3.63) is 47.8 Å². The van der Waals surface area contributed by atoms with E-state index >= 15 is 0 Å². The lowest BCUT2D eigenvalue weighted by atomic mass is 10.2. The zero-order chi connectivity index (χ0) is 13.4. The van der Waals surface area contributed by atoms with E-state index in [-0.39, 0.29) is 11.8 Å². The van der Waals surface area contributed by atoms with Crippen LogP contribution in [0.4, 0.5) is 21.8 Å². The summed E-state index contributed by atoms with van der Waals surface area (Å²) in [5.41, 5.74) is 8.94. The van der Waals surface area contributed by atoms with Crippen molar-refractivity contribution in [3.8, 4) is 0 Å². The van der Waals surface area contributed by atoms with Gasteiger partial charge in [0.15, 0.2) is 5.58 Å². The summed E-state index contributed by atoms with van der Waals surface area (Å²) < 4.78 is 18.8. The van der Waals surface area contributed by atoms with Gasteiger partial charge >= 0.3 is 0 Å². The van der Waals surface area contributed by atoms with Gasteiger partial charge in [-0.25, -0.2) is 4.39 Å². The minimum Gasteiger partial charge on any atom is -0.423 e. The molecule has 0 amide bonds. The van der Waals surface area contributed by atoms with Gasteiger partial charge in [-0.05, 0) is 42.8 Å². The first kappa shape index (κ1) is 11.5. The van der Waals surface area contributed by atoms with Crippen LogP contribution in [-0.4, -0.2) is 4.98 Å². The van der Waals surface area contributed by atoms with Crippen molar-refractivity contribution in [2.75, 3.05) is 11.1 Å². The number of halogens is 1. The summed E-state index contributed by atoms with van der Waals surface area (Å²) in [4.78, 5) is 4.24. The lowest BCUT2D eigenvalue weighted by molar-refractivity contribution is 0.619. The summed E-state index contributed by atoms with van der Waals surface area (Å²) in [6.07, 6.45) is 0. The molecule has 1 heterocycles. The number of nitrogens with one attached hydrogen (secondary N) is 1. The van der Waals surface area contributed by atoms with E-state index in [0.717, 1.165) is 5.56 Å². The number of nitrogen functional groups attached to an aromatic ring is 1. The van der Waals surface area contributed by atoms with Gasteiger partial charge in [0, 0.05) is 5.69 Å². The lowest BCUT2D eigenvalue weighted by Crippen LogP contribution is -1.92. The summed E-state index contributed by atoms with van der Waals surface area (Å²) in [7, 11) is 0. The highest BCUT2D eigenvalue weighted by Crippen LogP contribution is 2.26. The van der Waals surface area contributed by atoms with Crippen LogP contribution in [0.5, 0.6) is 0 Å². The molecule has 3 aromatic rings. The van der Waals surface area contributed by atoms with E-state index in [9.17, 15) is 4.39 Å². The van der Waals surface area contributed by atoms with Crippen molar-refractivity contribution in [3.63, 3.8) is 0 Å². The second kappa shape index (κ2) is 4.28. The monoisotopic (exact) mass is 257 g/mol. The topological polar surface area (TPSA) is 64.1 Å². The third kappa shape index (κ3) is 2.22. The molecular weight excluding hydrogens is 245 g/mol. The Balaban J connectivity index is 1.99. The Kier molecular flexibility index (Phi) is 2.59. The molecule has 2 aromatic carbocycles. The maximum atomic E-state index is 13.3. The van der Waals surface area contributed by atoms with E-state index < -0.39 is 0 Å². The number of nitrogens with zero attached hydrogens (tertiary/aromatic N) is 1. The molecule has 0 aliphatic heterocycles. The molecule has 3 N–H and O–H groups in total. The van der Waals surface area contributed by atoms with Crippen LogP contribution in [0.25, 0.3) is 11.1 Å². The van der Waals surface area contributed by atoms with Crippen molar-refractivity contribution in [1.29, 1.82) is 0 Å². The quantitative estimate of drug-likeness (QED) is 0.688. The number of anilines is 3. The fourth-order valence-corrected chi connectivity index (χ4v) is 1.96. The number of nitrogens with two attached hydrogens (primary N) is 1. The molecule has 0 atom stereocenters. The Bertz CT molecular complexity index is 731. The highest BCUT2D eigenvalue weighted by atomic mass is 19.1. The average Bonchev–Trinajstić information content (AvgIpc) is 2.71. The van der Waals surface area contributed by atoms with Gasteiger partial charge in [0.05, 0.1) is 5.69 Å². The first-order valence-electron chi connectivity index (χ1n) is 5.81. The van der Waals surface area contributed by atoms with Gasteiger partial charge in [0.2, 0.25) is 0 Å². The van der Waals surface area contributed by atoms with E-state index in [1.165, 1.54) is 12.1 Å². The Morgan fingerprint density at radius 1 is 1.26 bits per heavy atom. The molecular formula is C14H12FN3O. The van der Waals surface area contributed by atoms with E-state index in [2.05, 4.69) is 10.3 Å². The molecule has 0 saturated heterocycles. The second-order valence-electron chi connectivity index (χ2n) is 4.36. The zero-order valence-corrected chi connectivity index (χ0v) is 10.3. The summed E-state index contributed by atoms with van der Waals surface area (Å²) in [5, 5.41) is 2.93. The van der Waals surface area contributed by atoms with Crippen molar-refractivity contribution >= 4 is 28.5 Å². The SMILES string of the molecule is Cc1cc(F)cc(Nc2nc3c(N)cccc3o2)c1. The number of aryl methyl sites for hydroxylation is 1. The van der Waals surface area contributed by atoms with Crippen LogP contribution in [-0.2, 0) is 0 Å². The van der Waals surface area contributed by atoms with Gasteiger partial charge in [0.25, 0.3) is 6.01 Å². The molecule has 0 bridgehead atoms. The van der Waals surface area contributed by atoms with Crippen LogP contribution in [0.15, 0.2) is 40.8 Å². The molecule has 0 fully saturated rings. The molecule has 3 rings (SSSR count). The Labute approximate surface area is 109 Å². The smallest absolute Gasteiger partial charge is 0.300 e. The predicted octanol–water partition coefficient (Wildman–Crippen LogP) is 3.60. The van der Waals surface area contributed by atoms with Crippen molar-refractivity contribution in [2.24, 2.45) is 0 Å². The molecule has 0 radical (unpaired) electrons. The van der Waals surface area contributed by atoms with Gasteiger partial charge in [0.1, 0.15) is 11.3 Å². The molecule has 5 heteroatoms. The van der Waals surface area contributed by atoms with Crippen LogP contribution in [0.3, 0.4) is 0 Å². The second-order valence-corrected chi connectivity index (χ2v) is 4.36. The van der Waals surface area contributed by atoms with Gasteiger partial charge in [-0.3, -0.25) is 0 Å². The largest absolute Gasteiger partial charge is 0.423 e. The summed E-state index contributed by atoms with van der Waals surface area (Å²) in [6.45, 7) is 1.82. The summed E-state index contributed by atoms with van der Waals surface area (Å²) in [6, 6.07) is 10.3. The number of fused-ring (bicyclic) bond motifs is 1. The number of benzene rings is 2. The Morgan fingerprint density at radius 2 is 2.11 bits per heavy atom. The van der Waals surface area contributed by atoms with E-state index in [0.29, 0.717) is 22.5 Å². The molecule has 0 spiro atoms. The number of hydrogen-bond acceptors (Lipinski definition) is 4. The van der Waals surface area contributed by atoms with Crippen molar-refractivity contribution in [1.82, 2.24) is 4.98 Å². The van der Waals surface area contributed by atoms with Crippen molar-refractivity contribution < 1.29 is 8.81 Å². The van der Waals surface area contributed by atoms with E-state index in [1.807, 2.05) is 6.92 Å². The molecule has 0 aliphatic carbocycles. The third-order valence-electron chi connectivity index (χ3n) is 2.74. The number of aromatic nitrogens is 1. The highest BCUT2D eigenvalue weighted by Gasteiger charge is 2.08. The van der Waals surface area contributed by atoms with Crippen molar-refractivity contribution in [2.45, 2.75) is 6.92 Å². The number of para-hydroxylation sites is 1. The number of hydrogen-bond donors (Lipinski definition) is 2. The molecule has 0 unspecified atom stereocenters. The standard InChI is InChI=1S/C14H12FN3O/c1-8-5-9(15)7-10(6-8)17-14-18-13-11(16)3-2-4-12(13)19-14/h2-7H,16H2,1H3,(H,17,18). The average molecular weight is 257 g/mol. The Morgan fingerprint density at radius 3 is 2.84 bits per heavy atom. The fraction of sp³-hybridized carbons (Fsp3) is 0.0714. The highest BCUT2D eigenvalue weighted by molar-refractivity contribution is 5.86. The fourth-order valence-electron chi connectivity index (χ4n) is 1.96. The molecule has 96 valence electrons. The number of oxazole rings is 1. The van der Waals surface area contributed by atoms with E-state index in [1.54, 1.807) is 24.3 Å². The van der Waals surface area contributed by atoms with Gasteiger partial charge in [-0.1, -0.05) is 6.07 Å².